The summed E-state index contributed by atoms with van der Waals surface area (Å²) in [6.45, 7) is 4.45. The highest BCUT2D eigenvalue weighted by molar-refractivity contribution is 7.99. The molecule has 2 aromatic rings. The van der Waals surface area contributed by atoms with E-state index < -0.39 is 0 Å². The minimum Gasteiger partial charge on any atom is -0.479 e. The molecule has 0 amide bonds. The predicted molar refractivity (Wildman–Crippen MR) is 79.9 cm³/mol. The number of thioether (sulfide) groups is 1. The maximum absolute atomic E-state index is 5.28. The van der Waals surface area contributed by atoms with Crippen LogP contribution in [-0.4, -0.2) is 37.4 Å². The number of aromatic nitrogens is 5. The highest BCUT2D eigenvalue weighted by atomic mass is 32.2. The van der Waals surface area contributed by atoms with Crippen molar-refractivity contribution in [2.45, 2.75) is 25.4 Å². The maximum atomic E-state index is 5.28. The van der Waals surface area contributed by atoms with E-state index >= 15 is 0 Å². The number of ether oxygens (including phenoxy) is 1. The van der Waals surface area contributed by atoms with E-state index in [1.807, 2.05) is 24.9 Å². The molecule has 0 saturated heterocycles. The number of methoxy groups -OCH3 is 1. The van der Waals surface area contributed by atoms with E-state index in [-0.39, 0.29) is 0 Å². The zero-order chi connectivity index (χ0) is 14.7. The molecule has 20 heavy (non-hydrogen) atoms. The second kappa shape index (κ2) is 6.30. The highest BCUT2D eigenvalue weighted by Gasteiger charge is 2.18. The SMILES string of the molecule is COc1nn(C)cc1-c1nnc(SCCC(C)C)n1C. The lowest BCUT2D eigenvalue weighted by Gasteiger charge is -2.05. The van der Waals surface area contributed by atoms with Crippen LogP contribution in [0.4, 0.5) is 0 Å². The fourth-order valence-corrected chi connectivity index (χ4v) is 2.98. The first-order valence-corrected chi connectivity index (χ1v) is 7.61. The number of aryl methyl sites for hydroxylation is 1. The first-order chi connectivity index (χ1) is 9.52. The van der Waals surface area contributed by atoms with E-state index in [9.17, 15) is 0 Å². The van der Waals surface area contributed by atoms with Crippen molar-refractivity contribution in [3.05, 3.63) is 6.20 Å². The van der Waals surface area contributed by atoms with E-state index in [0.717, 1.165) is 22.3 Å². The number of hydrogen-bond acceptors (Lipinski definition) is 5. The van der Waals surface area contributed by atoms with Crippen LogP contribution in [0.1, 0.15) is 20.3 Å². The summed E-state index contributed by atoms with van der Waals surface area (Å²) in [6.07, 6.45) is 3.06. The molecular weight excluding hydrogens is 274 g/mol. The van der Waals surface area contributed by atoms with Gasteiger partial charge < -0.3 is 9.30 Å². The van der Waals surface area contributed by atoms with Crippen LogP contribution in [0.3, 0.4) is 0 Å². The quantitative estimate of drug-likeness (QED) is 0.766. The molecule has 0 aliphatic rings. The first-order valence-electron chi connectivity index (χ1n) is 6.63. The predicted octanol–water partition coefficient (Wildman–Crippen LogP) is 2.36. The van der Waals surface area contributed by atoms with Gasteiger partial charge in [-0.05, 0) is 12.3 Å². The van der Waals surface area contributed by atoms with Gasteiger partial charge in [0, 0.05) is 26.0 Å². The Balaban J connectivity index is 2.19. The molecule has 0 unspecified atom stereocenters. The van der Waals surface area contributed by atoms with Gasteiger partial charge in [-0.25, -0.2) is 0 Å². The van der Waals surface area contributed by atoms with Gasteiger partial charge in [0.2, 0.25) is 5.88 Å². The Hall–Kier alpha value is -1.50. The lowest BCUT2D eigenvalue weighted by Crippen LogP contribution is -1.97. The lowest BCUT2D eigenvalue weighted by molar-refractivity contribution is 0.393. The van der Waals surface area contributed by atoms with Gasteiger partial charge in [-0.15, -0.1) is 15.3 Å². The summed E-state index contributed by atoms with van der Waals surface area (Å²) in [4.78, 5) is 0. The second-order valence-electron chi connectivity index (χ2n) is 5.12. The summed E-state index contributed by atoms with van der Waals surface area (Å²) in [5.41, 5.74) is 0.862. The molecule has 0 saturated carbocycles. The lowest BCUT2D eigenvalue weighted by atomic mass is 10.2. The number of rotatable bonds is 6. The molecule has 0 spiro atoms. The molecular formula is C13H21N5OS. The fraction of sp³-hybridized carbons (Fsp3) is 0.615. The van der Waals surface area contributed by atoms with Crippen LogP contribution in [0.5, 0.6) is 5.88 Å². The van der Waals surface area contributed by atoms with E-state index in [0.29, 0.717) is 11.8 Å². The van der Waals surface area contributed by atoms with E-state index in [4.69, 9.17) is 4.74 Å². The Labute approximate surface area is 123 Å². The molecule has 0 aromatic carbocycles. The van der Waals surface area contributed by atoms with Gasteiger partial charge in [0.15, 0.2) is 11.0 Å². The third-order valence-corrected chi connectivity index (χ3v) is 4.04. The van der Waals surface area contributed by atoms with Crippen LogP contribution in [0.15, 0.2) is 11.4 Å². The van der Waals surface area contributed by atoms with Crippen LogP contribution in [-0.2, 0) is 14.1 Å². The largest absolute Gasteiger partial charge is 0.479 e. The van der Waals surface area contributed by atoms with Crippen LogP contribution >= 0.6 is 11.8 Å². The second-order valence-corrected chi connectivity index (χ2v) is 6.18. The van der Waals surface area contributed by atoms with Gasteiger partial charge in [0.1, 0.15) is 5.56 Å². The summed E-state index contributed by atoms with van der Waals surface area (Å²) in [5, 5.41) is 13.7. The molecule has 0 fully saturated rings. The third-order valence-electron chi connectivity index (χ3n) is 2.99. The molecule has 0 bridgehead atoms. The molecule has 0 atom stereocenters. The summed E-state index contributed by atoms with van der Waals surface area (Å²) < 4.78 is 8.98. The van der Waals surface area contributed by atoms with Gasteiger partial charge >= 0.3 is 0 Å². The molecule has 0 N–H and O–H groups in total. The summed E-state index contributed by atoms with van der Waals surface area (Å²) in [5.74, 6) is 3.10. The maximum Gasteiger partial charge on any atom is 0.243 e. The highest BCUT2D eigenvalue weighted by Crippen LogP contribution is 2.29. The van der Waals surface area contributed by atoms with Gasteiger partial charge in [0.25, 0.3) is 0 Å². The normalized spacial score (nSPS) is 11.3. The molecule has 2 aromatic heterocycles. The standard InChI is InChI=1S/C13H21N5OS/c1-9(2)6-7-20-13-15-14-11(18(13)4)10-8-17(3)16-12(10)19-5/h8-9H,6-7H2,1-5H3. The van der Waals surface area contributed by atoms with Crippen molar-refractivity contribution in [2.75, 3.05) is 12.9 Å². The molecule has 0 aliphatic carbocycles. The van der Waals surface area contributed by atoms with Crippen molar-refractivity contribution in [1.29, 1.82) is 0 Å². The molecule has 6 nitrogen and oxygen atoms in total. The van der Waals surface area contributed by atoms with Crippen molar-refractivity contribution >= 4 is 11.8 Å². The Morgan fingerprint density at radius 3 is 2.70 bits per heavy atom. The number of nitrogens with zero attached hydrogens (tertiary/aromatic N) is 5. The third kappa shape index (κ3) is 3.15. The average Bonchev–Trinajstić information content (AvgIpc) is 2.93. The topological polar surface area (TPSA) is 57.8 Å². The number of hydrogen-bond donors (Lipinski definition) is 0. The Bertz CT molecular complexity index is 575. The smallest absolute Gasteiger partial charge is 0.243 e. The van der Waals surface area contributed by atoms with E-state index in [1.165, 1.54) is 6.42 Å². The van der Waals surface area contributed by atoms with Gasteiger partial charge in [-0.2, -0.15) is 0 Å². The van der Waals surface area contributed by atoms with Gasteiger partial charge in [0.05, 0.1) is 7.11 Å². The van der Waals surface area contributed by atoms with Crippen LogP contribution in [0.25, 0.3) is 11.4 Å². The Morgan fingerprint density at radius 1 is 1.30 bits per heavy atom. The van der Waals surface area contributed by atoms with Crippen molar-refractivity contribution in [3.63, 3.8) is 0 Å². The van der Waals surface area contributed by atoms with Crippen LogP contribution in [0.2, 0.25) is 0 Å². The van der Waals surface area contributed by atoms with Crippen molar-refractivity contribution < 1.29 is 4.74 Å². The van der Waals surface area contributed by atoms with Crippen LogP contribution in [0, 0.1) is 5.92 Å². The molecule has 2 heterocycles. The molecule has 7 heteroatoms. The minimum absolute atomic E-state index is 0.571. The molecule has 2 rings (SSSR count). The summed E-state index contributed by atoms with van der Waals surface area (Å²) >= 11 is 1.73. The van der Waals surface area contributed by atoms with E-state index in [1.54, 1.807) is 23.6 Å². The van der Waals surface area contributed by atoms with Crippen molar-refractivity contribution in [3.8, 4) is 17.3 Å². The van der Waals surface area contributed by atoms with Gasteiger partial charge in [-0.1, -0.05) is 25.6 Å². The summed E-state index contributed by atoms with van der Waals surface area (Å²) in [6, 6.07) is 0. The monoisotopic (exact) mass is 295 g/mol. The molecule has 0 aliphatic heterocycles. The van der Waals surface area contributed by atoms with E-state index in [2.05, 4.69) is 29.1 Å². The zero-order valence-electron chi connectivity index (χ0n) is 12.6. The first kappa shape index (κ1) is 14.9. The minimum atomic E-state index is 0.571. The fourth-order valence-electron chi connectivity index (χ4n) is 1.83. The molecule has 0 radical (unpaired) electrons. The zero-order valence-corrected chi connectivity index (χ0v) is 13.4. The van der Waals surface area contributed by atoms with Gasteiger partial charge in [-0.3, -0.25) is 4.68 Å². The Morgan fingerprint density at radius 2 is 2.05 bits per heavy atom. The Kier molecular flexibility index (Phi) is 4.69. The van der Waals surface area contributed by atoms with Crippen molar-refractivity contribution in [2.24, 2.45) is 20.0 Å². The van der Waals surface area contributed by atoms with Crippen molar-refractivity contribution in [1.82, 2.24) is 24.5 Å². The molecule has 110 valence electrons. The average molecular weight is 295 g/mol. The summed E-state index contributed by atoms with van der Waals surface area (Å²) in [7, 11) is 5.45. The van der Waals surface area contributed by atoms with Crippen LogP contribution < -0.4 is 4.74 Å².